The quantitative estimate of drug-likeness (QED) is 0.362. The first kappa shape index (κ1) is 27.3. The number of hydrogen-bond donors (Lipinski definition) is 3. The topological polar surface area (TPSA) is 119 Å². The van der Waals surface area contributed by atoms with Gasteiger partial charge in [0.2, 0.25) is 0 Å². The molecule has 4 heterocycles. The van der Waals surface area contributed by atoms with Crippen LogP contribution in [0, 0.1) is 11.3 Å². The van der Waals surface area contributed by atoms with Gasteiger partial charge in [0, 0.05) is 25.3 Å². The molecule has 1 saturated heterocycles. The number of aliphatic hydroxyl groups is 1. The summed E-state index contributed by atoms with van der Waals surface area (Å²) in [7, 11) is 0. The van der Waals surface area contributed by atoms with Crippen LogP contribution in [0.25, 0.3) is 16.9 Å². The van der Waals surface area contributed by atoms with Crippen molar-refractivity contribution in [3.63, 3.8) is 0 Å². The van der Waals surface area contributed by atoms with Crippen LogP contribution in [-0.2, 0) is 0 Å². The molecule has 0 saturated carbocycles. The lowest BCUT2D eigenvalue weighted by molar-refractivity contribution is -0.160. The average molecular weight is 534 g/mol. The van der Waals surface area contributed by atoms with E-state index in [0.717, 1.165) is 0 Å². The summed E-state index contributed by atoms with van der Waals surface area (Å²) in [4.78, 5) is 18.6. The predicted molar refractivity (Wildman–Crippen MR) is 131 cm³/mol. The van der Waals surface area contributed by atoms with Crippen molar-refractivity contribution in [1.29, 1.82) is 5.26 Å². The number of rotatable bonds is 9. The molecule has 3 N–H and O–H groups in total. The number of carbonyl (C=O) groups excluding carboxylic acids is 1. The van der Waals surface area contributed by atoms with Gasteiger partial charge in [-0.3, -0.25) is 14.7 Å². The minimum atomic E-state index is -4.31. The zero-order valence-electron chi connectivity index (χ0n) is 20.8. The zero-order chi connectivity index (χ0) is 27.7. The molecular weight excluding hydrogens is 506 g/mol. The molecule has 4 rings (SSSR count). The lowest BCUT2D eigenvalue weighted by Crippen LogP contribution is -2.54. The summed E-state index contributed by atoms with van der Waals surface area (Å²) in [6.07, 6.45) is -2.78. The van der Waals surface area contributed by atoms with Crippen LogP contribution >= 0.6 is 0 Å². The lowest BCUT2D eigenvalue weighted by atomic mass is 10.0. The Labute approximate surface area is 216 Å². The summed E-state index contributed by atoms with van der Waals surface area (Å²) in [5.41, 5.74) is 0.722. The molecule has 0 aliphatic carbocycles. The molecule has 1 fully saturated rings. The molecular formula is C25H27F4N7O2. The second-order valence-corrected chi connectivity index (χ2v) is 9.77. The van der Waals surface area contributed by atoms with Crippen LogP contribution in [0.15, 0.2) is 36.7 Å². The minimum Gasteiger partial charge on any atom is -0.387 e. The van der Waals surface area contributed by atoms with Crippen molar-refractivity contribution in [2.24, 2.45) is 0 Å². The van der Waals surface area contributed by atoms with Crippen LogP contribution in [-0.4, -0.2) is 80.7 Å². The van der Waals surface area contributed by atoms with Gasteiger partial charge in [-0.2, -0.15) is 23.5 Å². The van der Waals surface area contributed by atoms with Crippen LogP contribution in [0.2, 0.25) is 0 Å². The highest BCUT2D eigenvalue weighted by Crippen LogP contribution is 2.28. The number of halogens is 4. The van der Waals surface area contributed by atoms with E-state index in [0.29, 0.717) is 41.1 Å². The SMILES string of the molecule is CC(C)(O)C(F)CNC(=O)c1cnc(-c2ccc3cc(C#N)cnn23)cc1NC[C@@H]1CCN1CC(F)(F)F. The van der Waals surface area contributed by atoms with Gasteiger partial charge in [-0.15, -0.1) is 0 Å². The smallest absolute Gasteiger partial charge is 0.387 e. The van der Waals surface area contributed by atoms with Gasteiger partial charge < -0.3 is 15.7 Å². The summed E-state index contributed by atoms with van der Waals surface area (Å²) >= 11 is 0. The molecule has 1 aliphatic heterocycles. The molecule has 1 unspecified atom stereocenters. The van der Waals surface area contributed by atoms with Crippen molar-refractivity contribution >= 4 is 17.1 Å². The van der Waals surface area contributed by atoms with Crippen LogP contribution in [0.1, 0.15) is 36.2 Å². The van der Waals surface area contributed by atoms with E-state index in [1.807, 2.05) is 6.07 Å². The van der Waals surface area contributed by atoms with Crippen molar-refractivity contribution < 1.29 is 27.5 Å². The van der Waals surface area contributed by atoms with Crippen LogP contribution in [0.3, 0.4) is 0 Å². The van der Waals surface area contributed by atoms with Crippen molar-refractivity contribution in [3.8, 4) is 17.5 Å². The highest BCUT2D eigenvalue weighted by molar-refractivity contribution is 6.00. The summed E-state index contributed by atoms with van der Waals surface area (Å²) in [5, 5.41) is 28.7. The third-order valence-electron chi connectivity index (χ3n) is 6.43. The summed E-state index contributed by atoms with van der Waals surface area (Å²) in [6, 6.07) is 8.36. The lowest BCUT2D eigenvalue weighted by Gasteiger charge is -2.41. The van der Waals surface area contributed by atoms with Crippen molar-refractivity contribution in [2.45, 2.75) is 44.3 Å². The monoisotopic (exact) mass is 533 g/mol. The van der Waals surface area contributed by atoms with Crippen molar-refractivity contribution in [3.05, 3.63) is 47.8 Å². The molecule has 38 heavy (non-hydrogen) atoms. The Kier molecular flexibility index (Phi) is 7.57. The van der Waals surface area contributed by atoms with E-state index in [2.05, 4.69) is 20.7 Å². The van der Waals surface area contributed by atoms with E-state index in [1.54, 1.807) is 28.8 Å². The van der Waals surface area contributed by atoms with E-state index >= 15 is 0 Å². The minimum absolute atomic E-state index is 0.0685. The number of anilines is 1. The number of aromatic nitrogens is 3. The van der Waals surface area contributed by atoms with Crippen LogP contribution < -0.4 is 10.6 Å². The number of carbonyl (C=O) groups is 1. The van der Waals surface area contributed by atoms with Gasteiger partial charge in [0.1, 0.15) is 12.2 Å². The van der Waals surface area contributed by atoms with Crippen molar-refractivity contribution in [1.82, 2.24) is 24.8 Å². The molecule has 0 radical (unpaired) electrons. The first-order valence-corrected chi connectivity index (χ1v) is 11.9. The number of nitrogens with zero attached hydrogens (tertiary/aromatic N) is 5. The third kappa shape index (κ3) is 6.20. The molecule has 0 aromatic carbocycles. The van der Waals surface area contributed by atoms with Crippen LogP contribution in [0.5, 0.6) is 0 Å². The molecule has 0 bridgehead atoms. The number of pyridine rings is 1. The normalized spacial score (nSPS) is 17.1. The first-order valence-electron chi connectivity index (χ1n) is 11.9. The van der Waals surface area contributed by atoms with Gasteiger partial charge in [-0.1, -0.05) is 0 Å². The molecule has 202 valence electrons. The summed E-state index contributed by atoms with van der Waals surface area (Å²) in [6.45, 7) is 1.58. The fourth-order valence-electron chi connectivity index (χ4n) is 4.10. The highest BCUT2D eigenvalue weighted by Gasteiger charge is 2.38. The van der Waals surface area contributed by atoms with Gasteiger partial charge in [0.25, 0.3) is 5.91 Å². The van der Waals surface area contributed by atoms with Gasteiger partial charge in [-0.25, -0.2) is 8.91 Å². The molecule has 9 nitrogen and oxygen atoms in total. The van der Waals surface area contributed by atoms with E-state index in [4.69, 9.17) is 5.26 Å². The Bertz CT molecular complexity index is 1360. The number of alkyl halides is 4. The fourth-order valence-corrected chi connectivity index (χ4v) is 4.10. The number of likely N-dealkylation sites (tertiary alicyclic amines) is 1. The Morgan fingerprint density at radius 1 is 1.29 bits per heavy atom. The number of amides is 1. The summed E-state index contributed by atoms with van der Waals surface area (Å²) < 4.78 is 54.3. The number of nitriles is 1. The van der Waals surface area contributed by atoms with Crippen LogP contribution in [0.4, 0.5) is 23.2 Å². The number of nitrogens with one attached hydrogen (secondary N) is 2. The molecule has 3 aromatic rings. The maximum absolute atomic E-state index is 14.2. The molecule has 13 heteroatoms. The Balaban J connectivity index is 1.60. The number of hydrogen-bond acceptors (Lipinski definition) is 7. The number of fused-ring (bicyclic) bond motifs is 1. The second-order valence-electron chi connectivity index (χ2n) is 9.77. The molecule has 1 aliphatic rings. The van der Waals surface area contributed by atoms with E-state index in [-0.39, 0.29) is 18.2 Å². The molecule has 2 atom stereocenters. The maximum atomic E-state index is 14.2. The van der Waals surface area contributed by atoms with Gasteiger partial charge >= 0.3 is 6.18 Å². The predicted octanol–water partition coefficient (Wildman–Crippen LogP) is 3.16. The molecule has 1 amide bonds. The Morgan fingerprint density at radius 3 is 2.68 bits per heavy atom. The van der Waals surface area contributed by atoms with E-state index < -0.39 is 36.9 Å². The zero-order valence-corrected chi connectivity index (χ0v) is 20.8. The standard InChI is InChI=1S/C25H27F4N7O2/c1-24(2,38)22(26)13-33-23(37)18-12-32-20(21-4-3-16-7-15(9-30)10-34-36(16)21)8-19(18)31-11-17-5-6-35(17)14-25(27,28)29/h3-4,7-8,10,12,17,22,38H,5-6,11,13-14H2,1-2H3,(H,31,32)(H,33,37)/t17-,22?/m0/s1. The summed E-state index contributed by atoms with van der Waals surface area (Å²) in [5.74, 6) is -0.656. The van der Waals surface area contributed by atoms with E-state index in [1.165, 1.54) is 31.1 Å². The fraction of sp³-hybridized carbons (Fsp3) is 0.440. The Hall–Kier alpha value is -3.76. The second kappa shape index (κ2) is 10.5. The third-order valence-corrected chi connectivity index (χ3v) is 6.43. The molecule has 3 aromatic heterocycles. The largest absolute Gasteiger partial charge is 0.401 e. The van der Waals surface area contributed by atoms with Crippen molar-refractivity contribution in [2.75, 3.05) is 31.5 Å². The first-order chi connectivity index (χ1) is 17.9. The van der Waals surface area contributed by atoms with E-state index in [9.17, 15) is 27.5 Å². The maximum Gasteiger partial charge on any atom is 0.401 e. The van der Waals surface area contributed by atoms with Gasteiger partial charge in [0.05, 0.1) is 58.6 Å². The highest BCUT2D eigenvalue weighted by atomic mass is 19.4. The molecule has 0 spiro atoms. The van der Waals surface area contributed by atoms with Gasteiger partial charge in [-0.05, 0) is 44.5 Å². The Morgan fingerprint density at radius 2 is 2.05 bits per heavy atom. The average Bonchev–Trinajstić information content (AvgIpc) is 3.27. The van der Waals surface area contributed by atoms with Gasteiger partial charge in [0.15, 0.2) is 0 Å².